The number of hydrogen-bond acceptors (Lipinski definition) is 6. The molecule has 0 amide bonds. The van der Waals surface area contributed by atoms with Crippen molar-refractivity contribution in [1.29, 1.82) is 5.26 Å². The molecule has 1 aromatic carbocycles. The maximum absolute atomic E-state index is 13.5. The lowest BCUT2D eigenvalue weighted by molar-refractivity contribution is -0.137. The second kappa shape index (κ2) is 7.40. The molecule has 144 valence electrons. The van der Waals surface area contributed by atoms with Crippen LogP contribution in [0.15, 0.2) is 28.8 Å². The summed E-state index contributed by atoms with van der Waals surface area (Å²) in [6, 6.07) is 3.63. The Morgan fingerprint density at radius 3 is 2.39 bits per heavy atom. The first-order valence-electron chi connectivity index (χ1n) is 7.26. The number of ether oxygens (including phenoxy) is 1. The van der Waals surface area contributed by atoms with Crippen LogP contribution in [0, 0.1) is 23.0 Å². The number of nitriles is 1. The van der Waals surface area contributed by atoms with Gasteiger partial charge in [-0.25, -0.2) is 13.8 Å². The van der Waals surface area contributed by atoms with Crippen molar-refractivity contribution in [2.24, 2.45) is 0 Å². The van der Waals surface area contributed by atoms with E-state index in [2.05, 4.69) is 15.2 Å². The summed E-state index contributed by atoms with van der Waals surface area (Å²) in [4.78, 5) is 3.57. The Hall–Kier alpha value is -3.26. The van der Waals surface area contributed by atoms with Crippen LogP contribution < -0.4 is 4.74 Å². The summed E-state index contributed by atoms with van der Waals surface area (Å²) in [6.07, 6.45) is -4.06. The summed E-state index contributed by atoms with van der Waals surface area (Å²) in [5, 5.41) is 15.4. The third-order valence-corrected chi connectivity index (χ3v) is 3.62. The third-order valence-electron chi connectivity index (χ3n) is 3.33. The molecule has 0 unspecified atom stereocenters. The van der Waals surface area contributed by atoms with Crippen LogP contribution in [0.5, 0.6) is 5.75 Å². The minimum atomic E-state index is -4.62. The molecule has 0 radical (unpaired) electrons. The van der Waals surface area contributed by atoms with Gasteiger partial charge in [0.25, 0.3) is 11.8 Å². The van der Waals surface area contributed by atoms with E-state index < -0.39 is 35.5 Å². The average molecular weight is 417 g/mol. The predicted octanol–water partition coefficient (Wildman–Crippen LogP) is 4.53. The second-order valence-electron chi connectivity index (χ2n) is 5.22. The van der Waals surface area contributed by atoms with Gasteiger partial charge in [-0.05, 0) is 6.07 Å². The molecule has 0 bridgehead atoms. The molecule has 0 saturated carbocycles. The van der Waals surface area contributed by atoms with Gasteiger partial charge in [0.05, 0.1) is 10.6 Å². The molecule has 6 nitrogen and oxygen atoms in total. The van der Waals surface area contributed by atoms with E-state index in [-0.39, 0.29) is 28.2 Å². The number of benzene rings is 1. The molecule has 0 atom stereocenters. The highest BCUT2D eigenvalue weighted by molar-refractivity contribution is 6.32. The van der Waals surface area contributed by atoms with E-state index in [4.69, 9.17) is 26.0 Å². The van der Waals surface area contributed by atoms with Crippen molar-refractivity contribution in [3.63, 3.8) is 0 Å². The van der Waals surface area contributed by atoms with Crippen LogP contribution in [0.2, 0.25) is 5.02 Å². The van der Waals surface area contributed by atoms with Crippen LogP contribution in [0.1, 0.15) is 17.0 Å². The summed E-state index contributed by atoms with van der Waals surface area (Å²) in [7, 11) is 0. The highest BCUT2D eigenvalue weighted by atomic mass is 35.5. The topological polar surface area (TPSA) is 84.8 Å². The second-order valence-corrected chi connectivity index (χ2v) is 5.62. The largest absolute Gasteiger partial charge is 0.484 e. The minimum Gasteiger partial charge on any atom is -0.484 e. The Morgan fingerprint density at radius 2 is 1.82 bits per heavy atom. The van der Waals surface area contributed by atoms with Gasteiger partial charge >= 0.3 is 6.18 Å². The lowest BCUT2D eigenvalue weighted by atomic mass is 10.2. The van der Waals surface area contributed by atoms with E-state index in [1.165, 1.54) is 6.07 Å². The molecule has 0 saturated heterocycles. The van der Waals surface area contributed by atoms with Gasteiger partial charge < -0.3 is 9.15 Å². The van der Waals surface area contributed by atoms with Crippen molar-refractivity contribution in [3.8, 4) is 23.4 Å². The Balaban J connectivity index is 1.76. The summed E-state index contributed by atoms with van der Waals surface area (Å²) < 4.78 is 75.3. The fourth-order valence-electron chi connectivity index (χ4n) is 2.04. The molecule has 2 aromatic heterocycles. The summed E-state index contributed by atoms with van der Waals surface area (Å²) >= 11 is 5.78. The normalized spacial score (nSPS) is 11.3. The van der Waals surface area contributed by atoms with Crippen LogP contribution in [0.25, 0.3) is 11.6 Å². The Kier molecular flexibility index (Phi) is 5.15. The van der Waals surface area contributed by atoms with E-state index in [1.807, 2.05) is 0 Å². The van der Waals surface area contributed by atoms with Crippen LogP contribution >= 0.6 is 11.6 Å². The van der Waals surface area contributed by atoms with Gasteiger partial charge in [0.2, 0.25) is 0 Å². The molecule has 3 rings (SSSR count). The van der Waals surface area contributed by atoms with E-state index >= 15 is 0 Å². The molecule has 0 N–H and O–H groups in total. The predicted molar refractivity (Wildman–Crippen MR) is 82.9 cm³/mol. The lowest BCUT2D eigenvalue weighted by Crippen LogP contribution is -2.05. The van der Waals surface area contributed by atoms with Crippen molar-refractivity contribution in [2.75, 3.05) is 0 Å². The van der Waals surface area contributed by atoms with Crippen LogP contribution in [-0.4, -0.2) is 15.2 Å². The molecule has 3 aromatic rings. The van der Waals surface area contributed by atoms with Gasteiger partial charge in [-0.2, -0.15) is 18.4 Å². The van der Waals surface area contributed by atoms with Crippen molar-refractivity contribution < 1.29 is 31.1 Å². The summed E-state index contributed by atoms with van der Waals surface area (Å²) in [5.74, 6) is -2.87. The molecule has 2 heterocycles. The van der Waals surface area contributed by atoms with Crippen LogP contribution in [0.3, 0.4) is 0 Å². The average Bonchev–Trinajstić information content (AvgIpc) is 3.07. The Morgan fingerprint density at radius 1 is 1.14 bits per heavy atom. The van der Waals surface area contributed by atoms with Gasteiger partial charge in [-0.1, -0.05) is 11.6 Å². The zero-order valence-electron chi connectivity index (χ0n) is 13.4. The SMILES string of the molecule is N#Cc1c(F)cc(OCc2nnc(-c3ncc(C(F)(F)F)cc3Cl)o2)cc1F. The third kappa shape index (κ3) is 4.01. The zero-order chi connectivity index (χ0) is 20.5. The summed E-state index contributed by atoms with van der Waals surface area (Å²) in [5.41, 5.74) is -1.98. The lowest BCUT2D eigenvalue weighted by Gasteiger charge is -2.07. The molecule has 12 heteroatoms. The van der Waals surface area contributed by atoms with Crippen molar-refractivity contribution in [1.82, 2.24) is 15.2 Å². The van der Waals surface area contributed by atoms with Crippen molar-refractivity contribution in [2.45, 2.75) is 12.8 Å². The first-order chi connectivity index (χ1) is 13.2. The van der Waals surface area contributed by atoms with Gasteiger partial charge in [0, 0.05) is 18.3 Å². The molecule has 0 spiro atoms. The zero-order valence-corrected chi connectivity index (χ0v) is 14.1. The Labute approximate surface area is 158 Å². The number of rotatable bonds is 4. The summed E-state index contributed by atoms with van der Waals surface area (Å²) in [6.45, 7) is -0.407. The van der Waals surface area contributed by atoms with Gasteiger partial charge in [-0.15, -0.1) is 10.2 Å². The van der Waals surface area contributed by atoms with Crippen LogP contribution in [-0.2, 0) is 12.8 Å². The van der Waals surface area contributed by atoms with Crippen molar-refractivity contribution in [3.05, 3.63) is 58.1 Å². The molecular formula is C16H6ClF5N4O2. The van der Waals surface area contributed by atoms with E-state index in [9.17, 15) is 22.0 Å². The number of hydrogen-bond donors (Lipinski definition) is 0. The van der Waals surface area contributed by atoms with E-state index in [0.29, 0.717) is 12.3 Å². The highest BCUT2D eigenvalue weighted by Crippen LogP contribution is 2.33. The Bertz CT molecular complexity index is 1050. The maximum atomic E-state index is 13.5. The highest BCUT2D eigenvalue weighted by Gasteiger charge is 2.32. The van der Waals surface area contributed by atoms with Crippen LogP contribution in [0.4, 0.5) is 22.0 Å². The van der Waals surface area contributed by atoms with E-state index in [0.717, 1.165) is 12.1 Å². The number of halogens is 6. The van der Waals surface area contributed by atoms with Gasteiger partial charge in [0.15, 0.2) is 6.61 Å². The number of aromatic nitrogens is 3. The fourth-order valence-corrected chi connectivity index (χ4v) is 2.29. The smallest absolute Gasteiger partial charge is 0.417 e. The number of pyridine rings is 1. The van der Waals surface area contributed by atoms with Crippen molar-refractivity contribution >= 4 is 11.6 Å². The maximum Gasteiger partial charge on any atom is 0.417 e. The molecule has 0 fully saturated rings. The first-order valence-corrected chi connectivity index (χ1v) is 7.64. The monoisotopic (exact) mass is 416 g/mol. The quantitative estimate of drug-likeness (QED) is 0.581. The standard InChI is InChI=1S/C16H6ClF5N4O2/c17-10-1-7(16(20,21)22)5-24-14(10)15-26-25-13(28-15)6-27-8-2-11(18)9(4-23)12(19)3-8/h1-3,5H,6H2. The van der Waals surface area contributed by atoms with E-state index in [1.54, 1.807) is 0 Å². The number of alkyl halides is 3. The van der Waals surface area contributed by atoms with Gasteiger partial charge in [0.1, 0.15) is 34.7 Å². The molecule has 0 aliphatic heterocycles. The molecular weight excluding hydrogens is 411 g/mol. The minimum absolute atomic E-state index is 0.155. The fraction of sp³-hybridized carbons (Fsp3) is 0.125. The molecule has 28 heavy (non-hydrogen) atoms. The molecule has 0 aliphatic carbocycles. The first kappa shape index (κ1) is 19.5. The van der Waals surface area contributed by atoms with Gasteiger partial charge in [-0.3, -0.25) is 0 Å². The molecule has 0 aliphatic rings. The number of nitrogens with zero attached hydrogens (tertiary/aromatic N) is 4.